The minimum absolute atomic E-state index is 0.0382. The van der Waals surface area contributed by atoms with Gasteiger partial charge in [0.25, 0.3) is 6.29 Å². The third-order valence-electron chi connectivity index (χ3n) is 0.257. The Hall–Kier alpha value is -0.310. The van der Waals surface area contributed by atoms with Gasteiger partial charge in [0.05, 0.1) is 5.75 Å². The zero-order chi connectivity index (χ0) is 4.99. The molecule has 33 valence electrons. The number of ketones is 1. The Morgan fingerprint density at radius 1 is 1.83 bits per heavy atom. The van der Waals surface area contributed by atoms with E-state index in [0.717, 1.165) is 6.29 Å². The van der Waals surface area contributed by atoms with Crippen molar-refractivity contribution in [3.63, 3.8) is 0 Å². The normalized spacial score (nSPS) is 7.50. The van der Waals surface area contributed by atoms with Crippen molar-refractivity contribution in [2.45, 2.75) is 0 Å². The molecule has 0 aliphatic heterocycles. The van der Waals surface area contributed by atoms with Crippen molar-refractivity contribution in [3.8, 4) is 0 Å². The van der Waals surface area contributed by atoms with Crippen molar-refractivity contribution in [1.82, 2.24) is 0 Å². The first-order valence-electron chi connectivity index (χ1n) is 1.33. The molecule has 0 heterocycles. The number of hydrogen-bond donors (Lipinski definition) is 1. The molecule has 0 fully saturated rings. The van der Waals surface area contributed by atoms with Crippen LogP contribution in [-0.4, -0.2) is 17.8 Å². The summed E-state index contributed by atoms with van der Waals surface area (Å²) in [4.78, 5) is 18.9. The van der Waals surface area contributed by atoms with Crippen molar-refractivity contribution in [1.29, 1.82) is 0 Å². The predicted octanol–water partition coefficient (Wildman–Crippen LogP) is -0.405. The number of carbonyl (C=O) groups excluding carboxylic acids is 2. The summed E-state index contributed by atoms with van der Waals surface area (Å²) in [6.45, 7) is 0. The summed E-state index contributed by atoms with van der Waals surface area (Å²) >= 11 is 3.48. The second kappa shape index (κ2) is 2.90. The van der Waals surface area contributed by atoms with Gasteiger partial charge in [0.2, 0.25) is 5.78 Å². The van der Waals surface area contributed by atoms with Gasteiger partial charge in [-0.25, -0.2) is 0 Å². The fraction of sp³-hybridized carbons (Fsp3) is 0.333. The maximum atomic E-state index is 9.68. The molecule has 2 nitrogen and oxygen atoms in total. The molecular weight excluding hydrogens is 100 g/mol. The average molecular weight is 103 g/mol. The van der Waals surface area contributed by atoms with E-state index < -0.39 is 5.78 Å². The van der Waals surface area contributed by atoms with Gasteiger partial charge in [-0.15, -0.1) is 0 Å². The summed E-state index contributed by atoms with van der Waals surface area (Å²) in [7, 11) is 0. The lowest BCUT2D eigenvalue weighted by molar-refractivity contribution is -0.110. The highest BCUT2D eigenvalue weighted by Crippen LogP contribution is 1.68. The molecule has 0 atom stereocenters. The Kier molecular flexibility index (Phi) is 2.75. The summed E-state index contributed by atoms with van der Waals surface area (Å²) in [5.74, 6) is -0.637. The zero-order valence-corrected chi connectivity index (χ0v) is 3.87. The lowest BCUT2D eigenvalue weighted by atomic mass is 10.5. The quantitative estimate of drug-likeness (QED) is 0.381. The molecule has 0 aliphatic rings. The molecule has 0 rings (SSSR count). The van der Waals surface area contributed by atoms with Gasteiger partial charge in [0, 0.05) is 0 Å². The Labute approximate surface area is 40.9 Å². The van der Waals surface area contributed by atoms with Gasteiger partial charge >= 0.3 is 0 Å². The van der Waals surface area contributed by atoms with Crippen molar-refractivity contribution in [2.24, 2.45) is 0 Å². The molecule has 0 aromatic carbocycles. The van der Waals surface area contributed by atoms with E-state index in [1.165, 1.54) is 0 Å². The largest absolute Gasteiger partial charge is 0.289 e. The van der Waals surface area contributed by atoms with Crippen molar-refractivity contribution in [2.75, 3.05) is 5.75 Å². The van der Waals surface area contributed by atoms with E-state index in [1.54, 1.807) is 0 Å². The number of hydrogen-bond acceptors (Lipinski definition) is 3. The Bertz CT molecular complexity index is 69.2. The van der Waals surface area contributed by atoms with E-state index in [1.807, 2.05) is 0 Å². The predicted molar refractivity (Wildman–Crippen MR) is 24.6 cm³/mol. The van der Waals surface area contributed by atoms with Crippen LogP contribution in [0.15, 0.2) is 0 Å². The molecular formula is C3H3O2S. The number of rotatable bonds is 2. The van der Waals surface area contributed by atoms with Crippen LogP contribution in [0.1, 0.15) is 0 Å². The zero-order valence-electron chi connectivity index (χ0n) is 2.97. The first-order chi connectivity index (χ1) is 2.81. The third-order valence-corrected chi connectivity index (χ3v) is 0.545. The molecule has 0 aromatic rings. The van der Waals surface area contributed by atoms with Crippen LogP contribution in [0.25, 0.3) is 0 Å². The summed E-state index contributed by atoms with van der Waals surface area (Å²) in [5, 5.41) is 0. The highest BCUT2D eigenvalue weighted by atomic mass is 32.1. The molecule has 0 saturated heterocycles. The van der Waals surface area contributed by atoms with Crippen LogP contribution >= 0.6 is 12.6 Å². The monoisotopic (exact) mass is 103 g/mol. The second-order valence-corrected chi connectivity index (χ2v) is 1.000. The van der Waals surface area contributed by atoms with E-state index in [9.17, 15) is 9.59 Å². The summed E-state index contributed by atoms with van der Waals surface area (Å²) in [6.07, 6.45) is 1.15. The van der Waals surface area contributed by atoms with Gasteiger partial charge in [0.1, 0.15) is 0 Å². The SMILES string of the molecule is O=[C]C(=O)CS. The number of Topliss-reactive ketones (excluding diaryl/α,β-unsaturated/α-hetero) is 1. The highest BCUT2D eigenvalue weighted by Gasteiger charge is 1.90. The van der Waals surface area contributed by atoms with Crippen molar-refractivity contribution < 1.29 is 9.59 Å². The van der Waals surface area contributed by atoms with Crippen molar-refractivity contribution in [3.05, 3.63) is 0 Å². The van der Waals surface area contributed by atoms with Gasteiger partial charge in [-0.3, -0.25) is 9.59 Å². The Morgan fingerprint density at radius 3 is 2.33 bits per heavy atom. The number of carbonyl (C=O) groups is 1. The number of thiol groups is 1. The smallest absolute Gasteiger partial charge is 0.273 e. The topological polar surface area (TPSA) is 34.1 Å². The molecule has 0 amide bonds. The Balaban J connectivity index is 3.23. The van der Waals surface area contributed by atoms with Crippen LogP contribution in [0.5, 0.6) is 0 Å². The molecule has 6 heavy (non-hydrogen) atoms. The summed E-state index contributed by atoms with van der Waals surface area (Å²) < 4.78 is 0. The molecule has 0 spiro atoms. The van der Waals surface area contributed by atoms with Crippen LogP contribution in [0.4, 0.5) is 0 Å². The molecule has 0 aliphatic carbocycles. The van der Waals surface area contributed by atoms with Gasteiger partial charge in [-0.2, -0.15) is 12.6 Å². The molecule has 0 aromatic heterocycles. The third kappa shape index (κ3) is 1.96. The van der Waals surface area contributed by atoms with E-state index in [0.29, 0.717) is 0 Å². The van der Waals surface area contributed by atoms with E-state index in [4.69, 9.17) is 0 Å². The van der Waals surface area contributed by atoms with Crippen LogP contribution in [-0.2, 0) is 9.59 Å². The highest BCUT2D eigenvalue weighted by molar-refractivity contribution is 7.81. The molecule has 0 unspecified atom stereocenters. The standard InChI is InChI=1S/C3H3O2S/c4-1-3(5)2-6/h6H,2H2. The average Bonchev–Trinajstić information content (AvgIpc) is 1.65. The van der Waals surface area contributed by atoms with Crippen LogP contribution in [0.3, 0.4) is 0 Å². The van der Waals surface area contributed by atoms with Gasteiger partial charge in [-0.05, 0) is 0 Å². The lowest BCUT2D eigenvalue weighted by Gasteiger charge is -1.69. The minimum Gasteiger partial charge on any atom is -0.289 e. The first kappa shape index (κ1) is 5.69. The minimum atomic E-state index is -0.599. The van der Waals surface area contributed by atoms with Gasteiger partial charge < -0.3 is 0 Å². The van der Waals surface area contributed by atoms with E-state index in [-0.39, 0.29) is 5.75 Å². The molecule has 0 saturated carbocycles. The maximum absolute atomic E-state index is 9.68. The van der Waals surface area contributed by atoms with Crippen LogP contribution < -0.4 is 0 Å². The maximum Gasteiger partial charge on any atom is 0.273 e. The molecule has 3 heteroatoms. The van der Waals surface area contributed by atoms with Crippen molar-refractivity contribution >= 4 is 24.7 Å². The van der Waals surface area contributed by atoms with Gasteiger partial charge in [-0.1, -0.05) is 0 Å². The van der Waals surface area contributed by atoms with Gasteiger partial charge in [0.15, 0.2) is 0 Å². The molecule has 1 radical (unpaired) electrons. The van der Waals surface area contributed by atoms with E-state index in [2.05, 4.69) is 12.6 Å². The fourth-order valence-electron chi connectivity index (χ4n) is 0.0323. The Morgan fingerprint density at radius 2 is 2.33 bits per heavy atom. The van der Waals surface area contributed by atoms with E-state index >= 15 is 0 Å². The van der Waals surface area contributed by atoms with Crippen LogP contribution in [0, 0.1) is 0 Å². The lowest BCUT2D eigenvalue weighted by Crippen LogP contribution is -1.97. The van der Waals surface area contributed by atoms with Crippen LogP contribution in [0.2, 0.25) is 0 Å². The second-order valence-electron chi connectivity index (χ2n) is 0.683. The molecule has 0 bridgehead atoms. The fourth-order valence-corrected chi connectivity index (χ4v) is 0.0968. The summed E-state index contributed by atoms with van der Waals surface area (Å²) in [5.41, 5.74) is 0. The molecule has 0 N–H and O–H groups in total. The first-order valence-corrected chi connectivity index (χ1v) is 1.96. The summed E-state index contributed by atoms with van der Waals surface area (Å²) in [6, 6.07) is 0.